The van der Waals surface area contributed by atoms with Gasteiger partial charge in [0.25, 0.3) is 5.91 Å². The van der Waals surface area contributed by atoms with Crippen LogP contribution in [0.15, 0.2) is 10.7 Å². The van der Waals surface area contributed by atoms with E-state index in [2.05, 4.69) is 15.6 Å². The van der Waals surface area contributed by atoms with E-state index in [-0.39, 0.29) is 28.7 Å². The summed E-state index contributed by atoms with van der Waals surface area (Å²) < 4.78 is 5.41. The lowest BCUT2D eigenvalue weighted by molar-refractivity contribution is -0.112. The first-order valence-electron chi connectivity index (χ1n) is 6.87. The standard InChI is InChI=1S/C13H17N3O3S/c17-11(15-9-3-5-20-13(9)18)10-7-19-12(16-10)8-2-1-4-14-6-8/h7-9,14H,1-6H2,(H,15,17). The van der Waals surface area contributed by atoms with Gasteiger partial charge in [-0.3, -0.25) is 9.59 Å². The Bertz CT molecular complexity index is 511. The fourth-order valence-electron chi connectivity index (χ4n) is 2.50. The van der Waals surface area contributed by atoms with E-state index in [0.717, 1.165) is 31.7 Å². The molecule has 2 saturated heterocycles. The first kappa shape index (κ1) is 13.6. The van der Waals surface area contributed by atoms with Crippen molar-refractivity contribution in [2.75, 3.05) is 18.8 Å². The summed E-state index contributed by atoms with van der Waals surface area (Å²) in [6, 6.07) is -0.385. The van der Waals surface area contributed by atoms with Crippen molar-refractivity contribution in [2.24, 2.45) is 0 Å². The Morgan fingerprint density at radius 3 is 3.10 bits per heavy atom. The van der Waals surface area contributed by atoms with Crippen LogP contribution in [0.3, 0.4) is 0 Å². The summed E-state index contributed by atoms with van der Waals surface area (Å²) in [6.45, 7) is 1.85. The third-order valence-corrected chi connectivity index (χ3v) is 4.65. The fourth-order valence-corrected chi connectivity index (χ4v) is 3.43. The molecule has 2 atom stereocenters. The van der Waals surface area contributed by atoms with Gasteiger partial charge in [-0.15, -0.1) is 0 Å². The van der Waals surface area contributed by atoms with Crippen molar-refractivity contribution in [3.05, 3.63) is 17.8 Å². The molecule has 108 valence electrons. The molecule has 0 spiro atoms. The minimum absolute atomic E-state index is 0.0264. The number of hydrogen-bond donors (Lipinski definition) is 2. The summed E-state index contributed by atoms with van der Waals surface area (Å²) in [5, 5.41) is 6.03. The topological polar surface area (TPSA) is 84.2 Å². The number of nitrogens with one attached hydrogen (secondary N) is 2. The molecule has 0 bridgehead atoms. The number of nitrogens with zero attached hydrogens (tertiary/aromatic N) is 1. The molecule has 1 aromatic rings. The number of piperidine rings is 1. The van der Waals surface area contributed by atoms with Crippen LogP contribution in [0.4, 0.5) is 0 Å². The van der Waals surface area contributed by atoms with E-state index < -0.39 is 0 Å². The molecule has 0 radical (unpaired) electrons. The van der Waals surface area contributed by atoms with Crippen LogP contribution in [-0.4, -0.2) is 40.9 Å². The van der Waals surface area contributed by atoms with Crippen LogP contribution < -0.4 is 10.6 Å². The van der Waals surface area contributed by atoms with Crippen molar-refractivity contribution >= 4 is 22.8 Å². The highest BCUT2D eigenvalue weighted by atomic mass is 32.2. The van der Waals surface area contributed by atoms with Crippen LogP contribution in [0.2, 0.25) is 0 Å². The summed E-state index contributed by atoms with van der Waals surface area (Å²) in [5.74, 6) is 1.27. The first-order valence-corrected chi connectivity index (χ1v) is 7.86. The van der Waals surface area contributed by atoms with Crippen molar-refractivity contribution in [1.29, 1.82) is 0 Å². The molecule has 0 aromatic carbocycles. The van der Waals surface area contributed by atoms with E-state index in [1.807, 2.05) is 0 Å². The van der Waals surface area contributed by atoms with Crippen molar-refractivity contribution in [2.45, 2.75) is 31.2 Å². The van der Waals surface area contributed by atoms with E-state index in [1.54, 1.807) is 0 Å². The second-order valence-electron chi connectivity index (χ2n) is 5.10. The zero-order valence-corrected chi connectivity index (χ0v) is 11.9. The minimum atomic E-state index is -0.385. The molecule has 2 unspecified atom stereocenters. The Hall–Kier alpha value is -1.34. The third-order valence-electron chi connectivity index (χ3n) is 3.64. The zero-order valence-electron chi connectivity index (χ0n) is 11.1. The Balaban J connectivity index is 1.63. The minimum Gasteiger partial charge on any atom is -0.448 e. The van der Waals surface area contributed by atoms with E-state index >= 15 is 0 Å². The molecule has 7 heteroatoms. The summed E-state index contributed by atoms with van der Waals surface area (Å²) in [7, 11) is 0. The van der Waals surface area contributed by atoms with Crippen molar-refractivity contribution in [3.8, 4) is 0 Å². The molecule has 6 nitrogen and oxygen atoms in total. The molecule has 2 aliphatic rings. The van der Waals surface area contributed by atoms with Gasteiger partial charge in [-0.25, -0.2) is 4.98 Å². The van der Waals surface area contributed by atoms with Gasteiger partial charge in [-0.1, -0.05) is 11.8 Å². The smallest absolute Gasteiger partial charge is 0.273 e. The molecular formula is C13H17N3O3S. The average molecular weight is 295 g/mol. The lowest BCUT2D eigenvalue weighted by Gasteiger charge is -2.19. The lowest BCUT2D eigenvalue weighted by Crippen LogP contribution is -2.37. The quantitative estimate of drug-likeness (QED) is 0.862. The molecule has 3 heterocycles. The number of carbonyl (C=O) groups is 2. The molecule has 0 aliphatic carbocycles. The predicted octanol–water partition coefficient (Wildman–Crippen LogP) is 0.903. The van der Waals surface area contributed by atoms with Crippen LogP contribution in [0.1, 0.15) is 41.6 Å². The summed E-state index contributed by atoms with van der Waals surface area (Å²) in [5.41, 5.74) is 0.260. The van der Waals surface area contributed by atoms with Gasteiger partial charge in [-0.2, -0.15) is 0 Å². The molecule has 1 amide bonds. The van der Waals surface area contributed by atoms with E-state index in [9.17, 15) is 9.59 Å². The van der Waals surface area contributed by atoms with Gasteiger partial charge >= 0.3 is 0 Å². The number of aromatic nitrogens is 1. The Morgan fingerprint density at radius 2 is 2.40 bits per heavy atom. The number of rotatable bonds is 3. The lowest BCUT2D eigenvalue weighted by atomic mass is 10.00. The van der Waals surface area contributed by atoms with Gasteiger partial charge in [0.1, 0.15) is 6.26 Å². The summed E-state index contributed by atoms with van der Waals surface area (Å²) >= 11 is 1.26. The molecule has 2 fully saturated rings. The van der Waals surface area contributed by atoms with Crippen LogP contribution in [-0.2, 0) is 4.79 Å². The third kappa shape index (κ3) is 2.88. The molecule has 3 rings (SSSR count). The molecular weight excluding hydrogens is 278 g/mol. The second kappa shape index (κ2) is 5.97. The molecule has 1 aromatic heterocycles. The number of hydrogen-bond acceptors (Lipinski definition) is 6. The maximum absolute atomic E-state index is 12.0. The van der Waals surface area contributed by atoms with Crippen LogP contribution >= 0.6 is 11.8 Å². The number of thioether (sulfide) groups is 1. The Kier molecular flexibility index (Phi) is 4.07. The highest BCUT2D eigenvalue weighted by molar-refractivity contribution is 8.14. The van der Waals surface area contributed by atoms with E-state index in [0.29, 0.717) is 12.3 Å². The highest BCUT2D eigenvalue weighted by Gasteiger charge is 2.28. The summed E-state index contributed by atoms with van der Waals surface area (Å²) in [4.78, 5) is 27.8. The largest absolute Gasteiger partial charge is 0.448 e. The second-order valence-corrected chi connectivity index (χ2v) is 6.20. The monoisotopic (exact) mass is 295 g/mol. The van der Waals surface area contributed by atoms with Gasteiger partial charge in [0.15, 0.2) is 11.6 Å². The van der Waals surface area contributed by atoms with E-state index in [1.165, 1.54) is 18.0 Å². The van der Waals surface area contributed by atoms with Crippen molar-refractivity contribution in [3.63, 3.8) is 0 Å². The van der Waals surface area contributed by atoms with Gasteiger partial charge in [0.05, 0.1) is 6.04 Å². The molecule has 2 N–H and O–H groups in total. The molecule has 0 saturated carbocycles. The van der Waals surface area contributed by atoms with Crippen LogP contribution in [0.5, 0.6) is 0 Å². The maximum Gasteiger partial charge on any atom is 0.273 e. The van der Waals surface area contributed by atoms with Gasteiger partial charge in [0.2, 0.25) is 5.12 Å². The highest BCUT2D eigenvalue weighted by Crippen LogP contribution is 2.23. The predicted molar refractivity (Wildman–Crippen MR) is 74.7 cm³/mol. The number of carbonyl (C=O) groups excluding carboxylic acids is 2. The number of oxazole rings is 1. The number of amides is 1. The van der Waals surface area contributed by atoms with Crippen LogP contribution in [0.25, 0.3) is 0 Å². The van der Waals surface area contributed by atoms with Crippen molar-refractivity contribution in [1.82, 2.24) is 15.6 Å². The maximum atomic E-state index is 12.0. The van der Waals surface area contributed by atoms with Crippen LogP contribution in [0, 0.1) is 0 Å². The summed E-state index contributed by atoms with van der Waals surface area (Å²) in [6.07, 6.45) is 4.17. The molecule has 20 heavy (non-hydrogen) atoms. The average Bonchev–Trinajstić information content (AvgIpc) is 3.10. The van der Waals surface area contributed by atoms with Gasteiger partial charge in [0, 0.05) is 18.2 Å². The first-order chi connectivity index (χ1) is 9.74. The van der Waals surface area contributed by atoms with E-state index in [4.69, 9.17) is 4.42 Å². The normalized spacial score (nSPS) is 26.7. The van der Waals surface area contributed by atoms with Gasteiger partial charge in [-0.05, 0) is 25.8 Å². The van der Waals surface area contributed by atoms with Gasteiger partial charge < -0.3 is 15.1 Å². The zero-order chi connectivity index (χ0) is 13.9. The Morgan fingerprint density at radius 1 is 1.50 bits per heavy atom. The Labute approximate surface area is 121 Å². The fraction of sp³-hybridized carbons (Fsp3) is 0.615. The SMILES string of the molecule is O=C(NC1CCSC1=O)c1coc(C2CCCNC2)n1. The van der Waals surface area contributed by atoms with Crippen molar-refractivity contribution < 1.29 is 14.0 Å². The molecule has 2 aliphatic heterocycles.